The van der Waals surface area contributed by atoms with Crippen molar-refractivity contribution in [2.24, 2.45) is 29.6 Å². The van der Waals surface area contributed by atoms with Crippen LogP contribution in [0.1, 0.15) is 60.5 Å². The monoisotopic (exact) mass is 841 g/mol. The molecule has 1 aromatic heterocycles. The quantitative estimate of drug-likeness (QED) is 0.118. The topological polar surface area (TPSA) is 221 Å². The van der Waals surface area contributed by atoms with E-state index < -0.39 is 82.1 Å². The fourth-order valence-corrected chi connectivity index (χ4v) is 8.84. The number of aliphatic hydroxyl groups excluding tert-OH is 4. The molecule has 15 nitrogen and oxygen atoms in total. The maximum atomic E-state index is 14.7. The Kier molecular flexibility index (Phi) is 11.7. The van der Waals surface area contributed by atoms with Gasteiger partial charge in [-0.05, 0) is 32.3 Å². The highest BCUT2D eigenvalue weighted by atomic mass is 16.7. The number of nitrogens with one attached hydrogen (secondary N) is 1. The van der Waals surface area contributed by atoms with Crippen LogP contribution < -0.4 is 31.0 Å². The molecule has 3 aliphatic heterocycles. The number of aromatic hydroxyl groups is 1. The minimum absolute atomic E-state index is 0.0323. The summed E-state index contributed by atoms with van der Waals surface area (Å²) in [6, 6.07) is 3.14. The number of rotatable bonds is 2. The zero-order chi connectivity index (χ0) is 44.4. The van der Waals surface area contributed by atoms with E-state index in [4.69, 9.17) is 23.6 Å². The number of carbonyl (C=O) groups is 1. The lowest BCUT2D eigenvalue weighted by atomic mass is 9.78. The molecule has 0 radical (unpaired) electrons. The molecule has 61 heavy (non-hydrogen) atoms. The lowest BCUT2D eigenvalue weighted by Gasteiger charge is -2.36. The predicted octanol–water partition coefficient (Wildman–Crippen LogP) is 4.84. The first-order valence-corrected chi connectivity index (χ1v) is 20.7. The molecule has 0 spiro atoms. The molecule has 7 rings (SSSR count). The molecule has 15 heteroatoms. The molecule has 1 amide bonds. The lowest BCUT2D eigenvalue weighted by molar-refractivity contribution is -0.112. The first-order valence-electron chi connectivity index (χ1n) is 20.7. The number of phenolic OH excluding ortho intramolecular Hbond substituents is 1. The number of hydrogen-bond donors (Lipinski definition) is 6. The number of aromatic nitrogens is 1. The summed E-state index contributed by atoms with van der Waals surface area (Å²) in [6.45, 7) is 14.9. The van der Waals surface area contributed by atoms with E-state index in [-0.39, 0.29) is 60.8 Å². The van der Waals surface area contributed by atoms with Gasteiger partial charge in [0, 0.05) is 85.1 Å². The minimum Gasteiger partial charge on any atom is -0.507 e. The SMILES string of the molecule is CO[C@H]1/C=C/O[C@@]2(C)Oc3c(C)c(O)c4c(=O)c(c5oc6cc(N7CC[C@@H](C)C7)cc(=O)c6nc5c4c3=C2O)NC(=O)/C(C)=C\C=C\[C@H](C)[C@H](O)[C@@H](C)[C@@H](O)[C@@H](C)[C@H](O)[C@@H]1C. The van der Waals surface area contributed by atoms with E-state index in [1.807, 2.05) is 0 Å². The van der Waals surface area contributed by atoms with Gasteiger partial charge in [-0.3, -0.25) is 14.4 Å². The Morgan fingerprint density at radius 2 is 1.61 bits per heavy atom. The van der Waals surface area contributed by atoms with Crippen LogP contribution >= 0.6 is 0 Å². The average Bonchev–Trinajstić information content (AvgIpc) is 3.79. The highest BCUT2D eigenvalue weighted by molar-refractivity contribution is 6.16. The summed E-state index contributed by atoms with van der Waals surface area (Å²) in [5.74, 6) is -5.75. The number of carbonyl (C=O) groups excluding carboxylic acids is 1. The van der Waals surface area contributed by atoms with Crippen LogP contribution in [-0.4, -0.2) is 86.8 Å². The van der Waals surface area contributed by atoms with Crippen molar-refractivity contribution in [1.29, 1.82) is 0 Å². The Morgan fingerprint density at radius 1 is 0.918 bits per heavy atom. The second-order valence-electron chi connectivity index (χ2n) is 17.3. The number of fused-ring (bicyclic) bond motifs is 2. The first kappa shape index (κ1) is 43.6. The number of hydrogen-bond acceptors (Lipinski definition) is 14. The molecular formula is C46H55N3O12. The number of nitrogens with zero attached hydrogens (tertiary/aromatic N) is 2. The third-order valence-electron chi connectivity index (χ3n) is 12.9. The van der Waals surface area contributed by atoms with Crippen LogP contribution in [0.4, 0.5) is 11.4 Å². The number of amides is 1. The number of benzene rings is 3. The molecule has 10 atom stereocenters. The number of methoxy groups -OCH3 is 1. The second-order valence-corrected chi connectivity index (χ2v) is 17.3. The van der Waals surface area contributed by atoms with Crippen LogP contribution in [0.3, 0.4) is 0 Å². The number of allylic oxidation sites excluding steroid dienone is 2. The Labute approximate surface area is 352 Å². The molecule has 6 N–H and O–H groups in total. The lowest BCUT2D eigenvalue weighted by Crippen LogP contribution is -2.44. The average molecular weight is 842 g/mol. The Bertz CT molecular complexity index is 2690. The molecule has 4 bridgehead atoms. The summed E-state index contributed by atoms with van der Waals surface area (Å²) in [7, 11) is 1.45. The molecule has 4 aromatic rings. The van der Waals surface area contributed by atoms with Crippen molar-refractivity contribution >= 4 is 56.0 Å². The molecular weight excluding hydrogens is 787 g/mol. The van der Waals surface area contributed by atoms with Gasteiger partial charge in [0.15, 0.2) is 22.4 Å². The van der Waals surface area contributed by atoms with Crippen molar-refractivity contribution in [3.63, 3.8) is 0 Å². The van der Waals surface area contributed by atoms with Gasteiger partial charge in [0.25, 0.3) is 5.91 Å². The van der Waals surface area contributed by atoms with Crippen molar-refractivity contribution in [2.45, 2.75) is 92.0 Å². The van der Waals surface area contributed by atoms with E-state index in [0.29, 0.717) is 11.6 Å². The van der Waals surface area contributed by atoms with E-state index in [2.05, 4.69) is 17.1 Å². The van der Waals surface area contributed by atoms with Gasteiger partial charge in [-0.15, -0.1) is 0 Å². The summed E-state index contributed by atoms with van der Waals surface area (Å²) < 4.78 is 24.4. The molecule has 1 fully saturated rings. The third kappa shape index (κ3) is 7.51. The van der Waals surface area contributed by atoms with E-state index in [9.17, 15) is 39.9 Å². The minimum atomic E-state index is -1.94. The van der Waals surface area contributed by atoms with Crippen molar-refractivity contribution in [2.75, 3.05) is 30.4 Å². The summed E-state index contributed by atoms with van der Waals surface area (Å²) in [4.78, 5) is 49.2. The van der Waals surface area contributed by atoms with Gasteiger partial charge in [-0.25, -0.2) is 4.98 Å². The van der Waals surface area contributed by atoms with Gasteiger partial charge < -0.3 is 54.4 Å². The molecule has 1 saturated heterocycles. The highest BCUT2D eigenvalue weighted by Gasteiger charge is 2.44. The maximum Gasteiger partial charge on any atom is 0.307 e. The van der Waals surface area contributed by atoms with E-state index in [0.717, 1.165) is 19.5 Å². The molecule has 4 heterocycles. The van der Waals surface area contributed by atoms with Crippen molar-refractivity contribution in [3.05, 3.63) is 79.5 Å². The highest BCUT2D eigenvalue weighted by Crippen LogP contribution is 2.42. The van der Waals surface area contributed by atoms with Crippen LogP contribution in [0.25, 0.3) is 38.7 Å². The fourth-order valence-electron chi connectivity index (χ4n) is 8.84. The largest absolute Gasteiger partial charge is 0.507 e. The van der Waals surface area contributed by atoms with Gasteiger partial charge in [-0.1, -0.05) is 52.8 Å². The molecule has 0 unspecified atom stereocenters. The van der Waals surface area contributed by atoms with Crippen LogP contribution in [0, 0.1) is 36.5 Å². The number of aliphatic hydroxyl groups is 4. The molecule has 326 valence electrons. The third-order valence-corrected chi connectivity index (χ3v) is 12.9. The first-order chi connectivity index (χ1) is 28.8. The van der Waals surface area contributed by atoms with Crippen LogP contribution in [-0.2, 0) is 14.3 Å². The van der Waals surface area contributed by atoms with Gasteiger partial charge >= 0.3 is 5.79 Å². The van der Waals surface area contributed by atoms with Crippen molar-refractivity contribution in [1.82, 2.24) is 4.98 Å². The van der Waals surface area contributed by atoms with Crippen LogP contribution in [0.5, 0.6) is 11.5 Å². The van der Waals surface area contributed by atoms with Crippen LogP contribution in [0.15, 0.2) is 62.3 Å². The molecule has 3 aromatic carbocycles. The summed E-state index contributed by atoms with van der Waals surface area (Å²) in [5.41, 5.74) is -1.21. The van der Waals surface area contributed by atoms with Gasteiger partial charge in [0.05, 0.1) is 41.3 Å². The number of phenols is 1. The van der Waals surface area contributed by atoms with Gasteiger partial charge in [-0.2, -0.15) is 0 Å². The smallest absolute Gasteiger partial charge is 0.307 e. The summed E-state index contributed by atoms with van der Waals surface area (Å²) in [5, 5.41) is 60.0. The standard InChI is InChI=1S/C46H55N3O12/c1-20-13-15-49(19-20)27-17-28(50)34-30(18-27)60-43-35(47-34)31-32-40(54)26(7)42-33(31)44(56)46(8,61-42)59-16-14-29(58-9)23(4)38(52)25(6)39(53)24(5)37(51)21(2)11-10-12-22(3)45(57)48-36(43)41(32)55/h10-12,14,16-18,20-21,23-25,29,37-39,51-54,56H,13,15,19H2,1-9H3,(H,48,57)/b11-10+,16-14+,22-12-/t20-,21+,23-,24-,25+,29+,37+,38-,39-,46+/m1/s1. The van der Waals surface area contributed by atoms with Crippen molar-refractivity contribution < 1.29 is 49.0 Å². The Hall–Kier alpha value is -5.48. The van der Waals surface area contributed by atoms with E-state index in [1.54, 1.807) is 45.9 Å². The number of anilines is 2. The molecule has 3 aliphatic rings. The number of ether oxygens (including phenoxy) is 3. The van der Waals surface area contributed by atoms with Gasteiger partial charge in [0.1, 0.15) is 22.7 Å². The molecule has 0 saturated carbocycles. The predicted molar refractivity (Wildman–Crippen MR) is 231 cm³/mol. The Balaban J connectivity index is 1.49. The van der Waals surface area contributed by atoms with Crippen molar-refractivity contribution in [3.8, 4) is 11.5 Å². The van der Waals surface area contributed by atoms with E-state index in [1.165, 1.54) is 52.4 Å². The molecule has 0 aliphatic carbocycles. The zero-order valence-electron chi connectivity index (χ0n) is 35.8. The Morgan fingerprint density at radius 3 is 2.28 bits per heavy atom. The zero-order valence-corrected chi connectivity index (χ0v) is 35.8. The van der Waals surface area contributed by atoms with E-state index >= 15 is 0 Å². The van der Waals surface area contributed by atoms with Crippen LogP contribution in [0.2, 0.25) is 0 Å². The summed E-state index contributed by atoms with van der Waals surface area (Å²) >= 11 is 0. The van der Waals surface area contributed by atoms with Gasteiger partial charge in [0.2, 0.25) is 10.9 Å². The fraction of sp³-hybridized carbons (Fsp3) is 0.478. The summed E-state index contributed by atoms with van der Waals surface area (Å²) in [6.07, 6.45) is 4.43. The normalized spacial score (nSPS) is 32.2. The maximum absolute atomic E-state index is 14.7. The second kappa shape index (κ2) is 16.4.